The number of carbonyl (C=O) groups is 1. The molecule has 0 bridgehead atoms. The summed E-state index contributed by atoms with van der Waals surface area (Å²) in [6.07, 6.45) is 1.75. The van der Waals surface area contributed by atoms with Crippen LogP contribution < -0.4 is 10.1 Å². The van der Waals surface area contributed by atoms with Crippen LogP contribution in [0.4, 0.5) is 0 Å². The van der Waals surface area contributed by atoms with Crippen molar-refractivity contribution in [3.05, 3.63) is 29.3 Å². The first-order valence-corrected chi connectivity index (χ1v) is 7.19. The third kappa shape index (κ3) is 3.73. The Kier molecular flexibility index (Phi) is 5.18. The summed E-state index contributed by atoms with van der Waals surface area (Å²) in [6, 6.07) is 7.64. The highest BCUT2D eigenvalue weighted by Gasteiger charge is 2.24. The van der Waals surface area contributed by atoms with Crippen LogP contribution in [-0.4, -0.2) is 38.1 Å². The second-order valence-electron chi connectivity index (χ2n) is 5.30. The molecule has 1 aromatic rings. The number of rotatable bonds is 4. The fourth-order valence-electron chi connectivity index (χ4n) is 2.77. The van der Waals surface area contributed by atoms with Crippen molar-refractivity contribution >= 4 is 5.91 Å². The molecular weight excluding hydrogens is 266 g/mol. The molecule has 0 radical (unpaired) electrons. The summed E-state index contributed by atoms with van der Waals surface area (Å²) in [7, 11) is 3.33. The van der Waals surface area contributed by atoms with Crippen LogP contribution in [0.15, 0.2) is 18.2 Å². The number of piperidine rings is 1. The van der Waals surface area contributed by atoms with Gasteiger partial charge in [0, 0.05) is 25.1 Å². The Hall–Kier alpha value is -2.06. The molecule has 0 spiro atoms. The van der Waals surface area contributed by atoms with Crippen LogP contribution >= 0.6 is 0 Å². The van der Waals surface area contributed by atoms with Crippen molar-refractivity contribution in [2.45, 2.75) is 19.4 Å². The topological polar surface area (TPSA) is 65.4 Å². The minimum atomic E-state index is 0.124. The van der Waals surface area contributed by atoms with Crippen molar-refractivity contribution in [2.24, 2.45) is 5.92 Å². The number of benzene rings is 1. The number of amides is 1. The smallest absolute Gasteiger partial charge is 0.222 e. The van der Waals surface area contributed by atoms with Gasteiger partial charge in [-0.25, -0.2) is 0 Å². The van der Waals surface area contributed by atoms with Gasteiger partial charge in [-0.2, -0.15) is 5.26 Å². The maximum absolute atomic E-state index is 11.6. The number of ether oxygens (including phenoxy) is 1. The van der Waals surface area contributed by atoms with Crippen LogP contribution in [0.2, 0.25) is 0 Å². The molecule has 5 nitrogen and oxygen atoms in total. The Labute approximate surface area is 125 Å². The Bertz CT molecular complexity index is 543. The van der Waals surface area contributed by atoms with Crippen LogP contribution in [0, 0.1) is 17.2 Å². The van der Waals surface area contributed by atoms with Gasteiger partial charge in [0.1, 0.15) is 5.75 Å². The predicted molar refractivity (Wildman–Crippen MR) is 79.8 cm³/mol. The van der Waals surface area contributed by atoms with E-state index in [0.29, 0.717) is 5.56 Å². The largest absolute Gasteiger partial charge is 0.496 e. The number of methoxy groups -OCH3 is 1. The molecule has 5 heteroatoms. The van der Waals surface area contributed by atoms with E-state index in [0.717, 1.165) is 43.8 Å². The molecule has 1 fully saturated rings. The zero-order valence-electron chi connectivity index (χ0n) is 12.6. The first-order chi connectivity index (χ1) is 10.2. The summed E-state index contributed by atoms with van der Waals surface area (Å²) in [5.74, 6) is 1.07. The van der Waals surface area contributed by atoms with E-state index in [1.54, 1.807) is 20.2 Å². The SMILES string of the molecule is CNC(=O)C1CCN(Cc2cc(C#N)ccc2OC)CC1. The normalized spacial score (nSPS) is 16.2. The molecule has 1 N–H and O–H groups in total. The molecule has 1 saturated heterocycles. The van der Waals surface area contributed by atoms with Gasteiger partial charge in [-0.15, -0.1) is 0 Å². The average Bonchev–Trinajstić information content (AvgIpc) is 2.54. The summed E-state index contributed by atoms with van der Waals surface area (Å²) in [5, 5.41) is 11.7. The molecule has 1 aromatic carbocycles. The summed E-state index contributed by atoms with van der Waals surface area (Å²) in [6.45, 7) is 2.52. The number of nitrogens with zero attached hydrogens (tertiary/aromatic N) is 2. The van der Waals surface area contributed by atoms with Crippen LogP contribution in [0.1, 0.15) is 24.0 Å². The Morgan fingerprint density at radius 3 is 2.76 bits per heavy atom. The minimum Gasteiger partial charge on any atom is -0.496 e. The quantitative estimate of drug-likeness (QED) is 0.912. The van der Waals surface area contributed by atoms with E-state index < -0.39 is 0 Å². The van der Waals surface area contributed by atoms with Crippen molar-refractivity contribution < 1.29 is 9.53 Å². The summed E-state index contributed by atoms with van der Waals surface area (Å²) in [5.41, 5.74) is 1.67. The highest BCUT2D eigenvalue weighted by molar-refractivity contribution is 5.78. The lowest BCUT2D eigenvalue weighted by molar-refractivity contribution is -0.125. The van der Waals surface area contributed by atoms with Gasteiger partial charge < -0.3 is 10.1 Å². The van der Waals surface area contributed by atoms with Crippen LogP contribution in [0.3, 0.4) is 0 Å². The monoisotopic (exact) mass is 287 g/mol. The number of nitrogens with one attached hydrogen (secondary N) is 1. The molecule has 1 heterocycles. The van der Waals surface area contributed by atoms with Crippen molar-refractivity contribution in [3.8, 4) is 11.8 Å². The van der Waals surface area contributed by atoms with E-state index in [1.807, 2.05) is 12.1 Å². The highest BCUT2D eigenvalue weighted by atomic mass is 16.5. The van der Waals surface area contributed by atoms with Gasteiger partial charge in [0.2, 0.25) is 5.91 Å². The standard InChI is InChI=1S/C16H21N3O2/c1-18-16(20)13-5-7-19(8-6-13)11-14-9-12(10-17)3-4-15(14)21-2/h3-4,9,13H,5-8,11H2,1-2H3,(H,18,20). The van der Waals surface area contributed by atoms with E-state index in [2.05, 4.69) is 16.3 Å². The zero-order valence-corrected chi connectivity index (χ0v) is 12.6. The highest BCUT2D eigenvalue weighted by Crippen LogP contribution is 2.24. The van der Waals surface area contributed by atoms with Gasteiger partial charge >= 0.3 is 0 Å². The predicted octanol–water partition coefficient (Wildman–Crippen LogP) is 1.52. The summed E-state index contributed by atoms with van der Waals surface area (Å²) < 4.78 is 5.36. The van der Waals surface area contributed by atoms with Gasteiger partial charge in [-0.05, 0) is 44.1 Å². The molecular formula is C16H21N3O2. The van der Waals surface area contributed by atoms with E-state index in [1.165, 1.54) is 0 Å². The van der Waals surface area contributed by atoms with Gasteiger partial charge in [0.05, 0.1) is 18.7 Å². The maximum atomic E-state index is 11.6. The average molecular weight is 287 g/mol. The molecule has 112 valence electrons. The number of nitriles is 1. The molecule has 21 heavy (non-hydrogen) atoms. The Morgan fingerprint density at radius 1 is 1.48 bits per heavy atom. The van der Waals surface area contributed by atoms with Crippen molar-refractivity contribution in [1.82, 2.24) is 10.2 Å². The number of carbonyl (C=O) groups excluding carboxylic acids is 1. The summed E-state index contributed by atoms with van der Waals surface area (Å²) in [4.78, 5) is 13.9. The molecule has 0 saturated carbocycles. The lowest BCUT2D eigenvalue weighted by Crippen LogP contribution is -2.39. The zero-order chi connectivity index (χ0) is 15.2. The first kappa shape index (κ1) is 15.3. The molecule has 0 unspecified atom stereocenters. The van der Waals surface area contributed by atoms with E-state index in [9.17, 15) is 4.79 Å². The van der Waals surface area contributed by atoms with E-state index in [-0.39, 0.29) is 11.8 Å². The second kappa shape index (κ2) is 7.09. The van der Waals surface area contributed by atoms with Crippen molar-refractivity contribution in [3.63, 3.8) is 0 Å². The number of hydrogen-bond donors (Lipinski definition) is 1. The third-order valence-corrected chi connectivity index (χ3v) is 4.01. The first-order valence-electron chi connectivity index (χ1n) is 7.19. The van der Waals surface area contributed by atoms with Crippen LogP contribution in [0.5, 0.6) is 5.75 Å². The van der Waals surface area contributed by atoms with E-state index >= 15 is 0 Å². The van der Waals surface area contributed by atoms with Gasteiger partial charge in [0.25, 0.3) is 0 Å². The molecule has 1 aliphatic heterocycles. The van der Waals surface area contributed by atoms with Crippen molar-refractivity contribution in [1.29, 1.82) is 5.26 Å². The fourth-order valence-corrected chi connectivity index (χ4v) is 2.77. The Morgan fingerprint density at radius 2 is 2.19 bits per heavy atom. The van der Waals surface area contributed by atoms with Crippen LogP contribution in [0.25, 0.3) is 0 Å². The second-order valence-corrected chi connectivity index (χ2v) is 5.30. The van der Waals surface area contributed by atoms with E-state index in [4.69, 9.17) is 10.00 Å². The third-order valence-electron chi connectivity index (χ3n) is 4.01. The van der Waals surface area contributed by atoms with Gasteiger partial charge in [-0.1, -0.05) is 0 Å². The lowest BCUT2D eigenvalue weighted by Gasteiger charge is -2.31. The maximum Gasteiger partial charge on any atom is 0.222 e. The molecule has 1 aliphatic rings. The molecule has 2 rings (SSSR count). The molecule has 0 aliphatic carbocycles. The minimum absolute atomic E-state index is 0.124. The summed E-state index contributed by atoms with van der Waals surface area (Å²) >= 11 is 0. The van der Waals surface area contributed by atoms with Crippen molar-refractivity contribution in [2.75, 3.05) is 27.2 Å². The lowest BCUT2D eigenvalue weighted by atomic mass is 9.95. The number of hydrogen-bond acceptors (Lipinski definition) is 4. The molecule has 0 aromatic heterocycles. The van der Waals surface area contributed by atoms with Gasteiger partial charge in [-0.3, -0.25) is 9.69 Å². The molecule has 0 atom stereocenters. The van der Waals surface area contributed by atoms with Gasteiger partial charge in [0.15, 0.2) is 0 Å². The fraction of sp³-hybridized carbons (Fsp3) is 0.500. The van der Waals surface area contributed by atoms with Crippen LogP contribution in [-0.2, 0) is 11.3 Å². The Balaban J connectivity index is 2.00. The molecule has 1 amide bonds. The number of likely N-dealkylation sites (tertiary alicyclic amines) is 1.